The maximum Gasteiger partial charge on any atom is 0.293 e. The molecule has 340 valence electrons. The van der Waals surface area contributed by atoms with Crippen LogP contribution in [0.4, 0.5) is 21.8 Å². The molecular weight excluding hydrogens is 845 g/mol. The van der Waals surface area contributed by atoms with Crippen molar-refractivity contribution in [3.63, 3.8) is 0 Å². The van der Waals surface area contributed by atoms with E-state index in [0.29, 0.717) is 71.5 Å². The van der Waals surface area contributed by atoms with E-state index in [2.05, 4.69) is 30.8 Å². The van der Waals surface area contributed by atoms with Gasteiger partial charge in [0.25, 0.3) is 17.4 Å². The number of aromatic nitrogens is 3. The highest BCUT2D eigenvalue weighted by molar-refractivity contribution is 6.33. The number of aliphatic hydroxyl groups excluding tert-OH is 1. The lowest BCUT2D eigenvalue weighted by Crippen LogP contribution is -2.52. The number of carbonyl (C=O) groups is 4. The minimum Gasteiger partial charge on any atom is -0.478 e. The molecule has 2 aromatic heterocycles. The molecule has 0 spiro atoms. The number of nitrogens with zero attached hydrogens (tertiary/aromatic N) is 6. The third kappa shape index (κ3) is 9.42. The molecule has 1 unspecified atom stereocenters. The molecule has 64 heavy (non-hydrogen) atoms. The molecule has 3 saturated heterocycles. The second kappa shape index (κ2) is 19.2. The van der Waals surface area contributed by atoms with Crippen LogP contribution in [-0.2, 0) is 20.9 Å². The van der Waals surface area contributed by atoms with Crippen molar-refractivity contribution in [2.45, 2.75) is 108 Å². The summed E-state index contributed by atoms with van der Waals surface area (Å²) >= 11 is 6.37. The van der Waals surface area contributed by atoms with Gasteiger partial charge in [-0.15, -0.1) is 0 Å². The van der Waals surface area contributed by atoms with Crippen LogP contribution in [0.2, 0.25) is 5.02 Å². The van der Waals surface area contributed by atoms with Crippen molar-refractivity contribution in [3.8, 4) is 5.75 Å². The van der Waals surface area contributed by atoms with Gasteiger partial charge in [-0.05, 0) is 114 Å². The van der Waals surface area contributed by atoms with Crippen LogP contribution >= 0.6 is 11.6 Å². The highest BCUT2D eigenvalue weighted by atomic mass is 35.5. The highest BCUT2D eigenvalue weighted by Crippen LogP contribution is 2.38. The van der Waals surface area contributed by atoms with E-state index in [0.717, 1.165) is 42.9 Å². The lowest BCUT2D eigenvalue weighted by Gasteiger charge is -2.42. The molecule has 4 aliphatic heterocycles. The quantitative estimate of drug-likeness (QED) is 0.153. The van der Waals surface area contributed by atoms with Gasteiger partial charge in [-0.25, -0.2) is 9.37 Å². The first kappa shape index (κ1) is 44.9. The van der Waals surface area contributed by atoms with Crippen molar-refractivity contribution >= 4 is 63.6 Å². The molecule has 9 rings (SSSR count). The van der Waals surface area contributed by atoms with Crippen molar-refractivity contribution in [2.24, 2.45) is 0 Å². The number of aliphatic hydroxyl groups is 1. The molecule has 1 aliphatic carbocycles. The summed E-state index contributed by atoms with van der Waals surface area (Å²) in [7, 11) is 1.51. The van der Waals surface area contributed by atoms with Gasteiger partial charge in [-0.3, -0.25) is 29.3 Å². The summed E-state index contributed by atoms with van der Waals surface area (Å²) in [5.41, 5.74) is 2.61. The number of likely N-dealkylation sites (N-methyl/N-ethyl adjacent to an activating group) is 1. The number of imide groups is 1. The molecule has 0 bridgehead atoms. The first-order valence-corrected chi connectivity index (χ1v) is 22.6. The number of fused-ring (bicyclic) bond motifs is 2. The molecule has 4 amide bonds. The van der Waals surface area contributed by atoms with Gasteiger partial charge >= 0.3 is 0 Å². The number of halogens is 2. The van der Waals surface area contributed by atoms with E-state index in [1.165, 1.54) is 31.2 Å². The first-order chi connectivity index (χ1) is 30.8. The summed E-state index contributed by atoms with van der Waals surface area (Å²) in [6.45, 7) is 7.03. The second-order valence-corrected chi connectivity index (χ2v) is 17.9. The Kier molecular flexibility index (Phi) is 13.5. The van der Waals surface area contributed by atoms with Gasteiger partial charge in [0, 0.05) is 60.8 Å². The van der Waals surface area contributed by atoms with Gasteiger partial charge in [-0.1, -0.05) is 24.1 Å². The predicted molar refractivity (Wildman–Crippen MR) is 240 cm³/mol. The molecule has 6 heterocycles. The smallest absolute Gasteiger partial charge is 0.293 e. The number of benzene rings is 2. The lowest BCUT2D eigenvalue weighted by molar-refractivity contribution is -0.137. The van der Waals surface area contributed by atoms with E-state index in [9.17, 15) is 29.1 Å². The van der Waals surface area contributed by atoms with Gasteiger partial charge in [-0.2, -0.15) is 4.98 Å². The van der Waals surface area contributed by atoms with Crippen LogP contribution in [0.15, 0.2) is 47.4 Å². The lowest BCUT2D eigenvalue weighted by atomic mass is 9.84. The van der Waals surface area contributed by atoms with E-state index in [-0.39, 0.29) is 72.5 Å². The predicted octanol–water partition coefficient (Wildman–Crippen LogP) is 5.17. The SMILES string of the molecule is CNC(=O)COc1cc2cc(Nc3nc(N4CCC(O)CC4)ncc3Cl)ccc2n(C(C)C)c1=O.O=C1CCC(N2Cc3c(ccc(C4CCN(C5CCC5)CC4)c3F)C2=O)C(=O)N1. The molecule has 18 heteroatoms. The molecule has 1 atom stereocenters. The zero-order chi connectivity index (χ0) is 45.2. The maximum absolute atomic E-state index is 15.4. The summed E-state index contributed by atoms with van der Waals surface area (Å²) < 4.78 is 22.6. The van der Waals surface area contributed by atoms with Crippen LogP contribution in [0, 0.1) is 5.82 Å². The van der Waals surface area contributed by atoms with E-state index in [1.807, 2.05) is 36.9 Å². The van der Waals surface area contributed by atoms with E-state index in [4.69, 9.17) is 16.3 Å². The second-order valence-electron chi connectivity index (χ2n) is 17.5. The van der Waals surface area contributed by atoms with Gasteiger partial charge in [0.2, 0.25) is 17.8 Å². The van der Waals surface area contributed by atoms with Crippen molar-refractivity contribution in [1.82, 2.24) is 35.0 Å². The van der Waals surface area contributed by atoms with Gasteiger partial charge in [0.1, 0.15) is 16.9 Å². The van der Waals surface area contributed by atoms with Crippen LogP contribution in [-0.4, -0.2) is 111 Å². The summed E-state index contributed by atoms with van der Waals surface area (Å²) in [4.78, 5) is 75.9. The fourth-order valence-electron chi connectivity index (χ4n) is 9.30. The molecule has 16 nitrogen and oxygen atoms in total. The van der Waals surface area contributed by atoms with E-state index >= 15 is 4.39 Å². The number of ether oxygens (including phenoxy) is 1. The minimum atomic E-state index is -0.707. The van der Waals surface area contributed by atoms with Crippen molar-refractivity contribution in [2.75, 3.05) is 50.1 Å². The van der Waals surface area contributed by atoms with Crippen LogP contribution in [0.25, 0.3) is 10.9 Å². The Hall–Kier alpha value is -5.65. The Morgan fingerprint density at radius 2 is 1.75 bits per heavy atom. The fourth-order valence-corrected chi connectivity index (χ4v) is 9.43. The molecule has 4 fully saturated rings. The minimum absolute atomic E-state index is 0.0983. The highest BCUT2D eigenvalue weighted by Gasteiger charge is 2.41. The van der Waals surface area contributed by atoms with Crippen LogP contribution in [0.1, 0.15) is 105 Å². The number of carbonyl (C=O) groups excluding carboxylic acids is 4. The van der Waals surface area contributed by atoms with Gasteiger partial charge in [0.05, 0.1) is 24.4 Å². The molecule has 4 aromatic rings. The Morgan fingerprint density at radius 1 is 1.00 bits per heavy atom. The number of anilines is 3. The molecule has 1 saturated carbocycles. The third-order valence-electron chi connectivity index (χ3n) is 13.1. The van der Waals surface area contributed by atoms with E-state index < -0.39 is 11.9 Å². The third-order valence-corrected chi connectivity index (χ3v) is 13.4. The van der Waals surface area contributed by atoms with Crippen molar-refractivity contribution in [3.05, 3.63) is 80.5 Å². The monoisotopic (exact) mass is 899 g/mol. The zero-order valence-corrected chi connectivity index (χ0v) is 37.1. The average molecular weight is 900 g/mol. The summed E-state index contributed by atoms with van der Waals surface area (Å²) in [6, 6.07) is 10.6. The summed E-state index contributed by atoms with van der Waals surface area (Å²) in [5, 5.41) is 18.9. The molecule has 2 aromatic carbocycles. The van der Waals surface area contributed by atoms with Gasteiger partial charge in [0.15, 0.2) is 18.2 Å². The van der Waals surface area contributed by atoms with Crippen LogP contribution in [0.5, 0.6) is 5.75 Å². The Bertz CT molecular complexity index is 2500. The number of hydrogen-bond donors (Lipinski definition) is 4. The fraction of sp³-hybridized carbons (Fsp3) is 0.500. The number of rotatable bonds is 10. The van der Waals surface area contributed by atoms with Gasteiger partial charge < -0.3 is 39.7 Å². The topological polar surface area (TPSA) is 191 Å². The number of amides is 4. The first-order valence-electron chi connectivity index (χ1n) is 22.2. The standard InChI is InChI=1S/C24H29ClN6O4.C22H26FN3O3/c1-14(2)31-19-5-4-16(10-15(19)11-20(23(31)34)35-13-21(33)26-3)28-22-18(25)12-27-24(29-22)30-8-6-17(32)7-9-30;23-20-15(13-8-10-25(11-9-13)14-2-1-3-14)4-5-16-17(20)12-26(22(16)29)18-6-7-19(27)24-21(18)28/h4-5,10-12,14,17,32H,6-9,13H2,1-3H3,(H,26,33)(H,27,28,29);4-5,13-14,18H,1-3,6-12H2,(H,24,27,28). The maximum atomic E-state index is 15.4. The van der Waals surface area contributed by atoms with E-state index in [1.54, 1.807) is 29.0 Å². The molecular formula is C46H55ClFN9O7. The Morgan fingerprint density at radius 3 is 2.42 bits per heavy atom. The average Bonchev–Trinajstić information content (AvgIpc) is 3.60. The normalized spacial score (nSPS) is 19.9. The largest absolute Gasteiger partial charge is 0.478 e. The number of hydrogen-bond acceptors (Lipinski definition) is 12. The Labute approximate surface area is 375 Å². The summed E-state index contributed by atoms with van der Waals surface area (Å²) in [5.74, 6) is -0.444. The number of pyridine rings is 1. The number of nitrogens with one attached hydrogen (secondary N) is 3. The molecule has 5 aliphatic rings. The number of piperidine rings is 3. The zero-order valence-electron chi connectivity index (χ0n) is 36.4. The molecule has 4 N–H and O–H groups in total. The van der Waals surface area contributed by atoms with Crippen molar-refractivity contribution in [1.29, 1.82) is 0 Å². The molecule has 0 radical (unpaired) electrons. The Balaban J connectivity index is 0.000000178. The van der Waals surface area contributed by atoms with Crippen LogP contribution in [0.3, 0.4) is 0 Å². The van der Waals surface area contributed by atoms with Crippen LogP contribution < -0.4 is 31.1 Å². The van der Waals surface area contributed by atoms with Crippen molar-refractivity contribution < 1.29 is 33.4 Å². The summed E-state index contributed by atoms with van der Waals surface area (Å²) in [6.07, 6.45) is 8.87. The number of likely N-dealkylation sites (tertiary alicyclic amines) is 1.